The molecule has 4 nitrogen and oxygen atoms in total. The Bertz CT molecular complexity index is 1100. The number of hydrogen-bond acceptors (Lipinski definition) is 4. The number of carbonyl (C=O) groups is 1. The maximum Gasteiger partial charge on any atom is 0.133 e. The largest absolute Gasteiger partial charge is 0.493 e. The maximum atomic E-state index is 13.0. The zero-order valence-electron chi connectivity index (χ0n) is 23.0. The number of fused-ring (bicyclic) bond motifs is 1. The first kappa shape index (κ1) is 27.5. The Hall–Kier alpha value is -2.04. The minimum atomic E-state index is -0.0847. The SMILES string of the molecule is CCCCOc1ccc(OCCCc2ccccc2)c2c1[C@]13CCN(CC4CC4)[C@H](C2)[C@@H]1CCC(=O)C3.Cl. The van der Waals surface area contributed by atoms with Crippen LogP contribution in [-0.4, -0.2) is 43.0 Å². The van der Waals surface area contributed by atoms with Gasteiger partial charge in [-0.15, -0.1) is 12.4 Å². The van der Waals surface area contributed by atoms with Gasteiger partial charge in [0, 0.05) is 42.0 Å². The second kappa shape index (κ2) is 12.0. The molecule has 3 atom stereocenters. The Morgan fingerprint density at radius 3 is 2.53 bits per heavy atom. The summed E-state index contributed by atoms with van der Waals surface area (Å²) in [5.74, 6) is 3.92. The summed E-state index contributed by atoms with van der Waals surface area (Å²) in [6.07, 6.45) is 11.5. The molecule has 6 rings (SSSR count). The van der Waals surface area contributed by atoms with Gasteiger partial charge in [0.25, 0.3) is 0 Å². The second-order valence-corrected chi connectivity index (χ2v) is 12.0. The van der Waals surface area contributed by atoms with Gasteiger partial charge < -0.3 is 9.47 Å². The second-order valence-electron chi connectivity index (χ2n) is 12.0. The van der Waals surface area contributed by atoms with Crippen LogP contribution in [0.4, 0.5) is 0 Å². The van der Waals surface area contributed by atoms with Crippen LogP contribution in [0.2, 0.25) is 0 Å². The van der Waals surface area contributed by atoms with Gasteiger partial charge in [-0.2, -0.15) is 0 Å². The van der Waals surface area contributed by atoms with Gasteiger partial charge in [0.2, 0.25) is 0 Å². The van der Waals surface area contributed by atoms with E-state index in [1.165, 1.54) is 36.1 Å². The Labute approximate surface area is 234 Å². The van der Waals surface area contributed by atoms with E-state index in [-0.39, 0.29) is 17.8 Å². The first-order chi connectivity index (χ1) is 18.2. The molecule has 2 aromatic carbocycles. The van der Waals surface area contributed by atoms with Crippen LogP contribution in [0, 0.1) is 11.8 Å². The van der Waals surface area contributed by atoms with Gasteiger partial charge >= 0.3 is 0 Å². The van der Waals surface area contributed by atoms with Crippen molar-refractivity contribution in [1.29, 1.82) is 0 Å². The standard InChI is InChI=1S/C33H43NO3.ClH/c1-2-3-19-37-31-16-15-30(36-20-7-10-24-8-5-4-6-9-24)27-21-29-28-14-13-26(35)22-33(28,32(27)31)17-18-34(29)23-25-11-12-25;/h4-6,8-9,15-16,25,28-29H,2-3,7,10-14,17-23H2,1H3;1H/t28-,29+,33-;/m0./s1. The summed E-state index contributed by atoms with van der Waals surface area (Å²) in [5, 5.41) is 0. The number of Topliss-reactive ketones (excluding diaryl/α,β-unsaturated/α-hetero) is 1. The number of hydrogen-bond donors (Lipinski definition) is 0. The average molecular weight is 538 g/mol. The molecule has 0 radical (unpaired) electrons. The van der Waals surface area contributed by atoms with Crippen LogP contribution in [0.3, 0.4) is 0 Å². The minimum Gasteiger partial charge on any atom is -0.493 e. The van der Waals surface area contributed by atoms with Gasteiger partial charge in [0.05, 0.1) is 13.2 Å². The van der Waals surface area contributed by atoms with Crippen molar-refractivity contribution in [1.82, 2.24) is 4.90 Å². The Morgan fingerprint density at radius 1 is 0.974 bits per heavy atom. The van der Waals surface area contributed by atoms with E-state index < -0.39 is 0 Å². The molecule has 0 spiro atoms. The van der Waals surface area contributed by atoms with Crippen LogP contribution in [-0.2, 0) is 23.1 Å². The number of benzene rings is 2. The van der Waals surface area contributed by atoms with Crippen molar-refractivity contribution >= 4 is 18.2 Å². The molecule has 1 aliphatic heterocycles. The summed E-state index contributed by atoms with van der Waals surface area (Å²) < 4.78 is 13.0. The molecule has 206 valence electrons. The van der Waals surface area contributed by atoms with E-state index in [0.717, 1.165) is 81.9 Å². The predicted molar refractivity (Wildman–Crippen MR) is 155 cm³/mol. The summed E-state index contributed by atoms with van der Waals surface area (Å²) in [6.45, 7) is 6.01. The van der Waals surface area contributed by atoms with Gasteiger partial charge in [-0.25, -0.2) is 0 Å². The van der Waals surface area contributed by atoms with E-state index in [0.29, 0.717) is 30.8 Å². The fourth-order valence-electron chi connectivity index (χ4n) is 7.54. The molecule has 1 saturated heterocycles. The maximum absolute atomic E-state index is 13.0. The number of halogens is 1. The topological polar surface area (TPSA) is 38.8 Å². The highest BCUT2D eigenvalue weighted by Crippen LogP contribution is 2.59. The third kappa shape index (κ3) is 5.49. The third-order valence-corrected chi connectivity index (χ3v) is 9.53. The molecule has 1 heterocycles. The fourth-order valence-corrected chi connectivity index (χ4v) is 7.54. The molecule has 2 saturated carbocycles. The molecule has 0 aromatic heterocycles. The van der Waals surface area contributed by atoms with Crippen LogP contribution < -0.4 is 9.47 Å². The molecule has 2 bridgehead atoms. The van der Waals surface area contributed by atoms with Gasteiger partial charge in [-0.3, -0.25) is 9.69 Å². The smallest absolute Gasteiger partial charge is 0.133 e. The number of rotatable bonds is 11. The molecule has 3 aliphatic carbocycles. The average Bonchev–Trinajstić information content (AvgIpc) is 3.73. The van der Waals surface area contributed by atoms with E-state index in [1.807, 2.05) is 0 Å². The highest BCUT2D eigenvalue weighted by atomic mass is 35.5. The zero-order valence-corrected chi connectivity index (χ0v) is 23.8. The van der Waals surface area contributed by atoms with Crippen LogP contribution in [0.1, 0.15) is 81.4 Å². The number of piperidine rings is 1. The molecule has 5 heteroatoms. The van der Waals surface area contributed by atoms with Gasteiger partial charge in [-0.1, -0.05) is 43.7 Å². The Balaban J connectivity index is 0.00000294. The van der Waals surface area contributed by atoms with E-state index in [2.05, 4.69) is 54.3 Å². The van der Waals surface area contributed by atoms with Gasteiger partial charge in [0.15, 0.2) is 0 Å². The zero-order chi connectivity index (χ0) is 25.2. The van der Waals surface area contributed by atoms with Gasteiger partial charge in [0.1, 0.15) is 17.3 Å². The highest BCUT2D eigenvalue weighted by molar-refractivity contribution is 5.85. The van der Waals surface area contributed by atoms with E-state index in [9.17, 15) is 4.79 Å². The molecule has 0 unspecified atom stereocenters. The summed E-state index contributed by atoms with van der Waals surface area (Å²) in [7, 11) is 0. The molecule has 3 fully saturated rings. The van der Waals surface area contributed by atoms with E-state index in [4.69, 9.17) is 9.47 Å². The molecule has 0 amide bonds. The number of nitrogens with zero attached hydrogens (tertiary/aromatic N) is 1. The van der Waals surface area contributed by atoms with Crippen molar-refractivity contribution in [2.75, 3.05) is 26.3 Å². The summed E-state index contributed by atoms with van der Waals surface area (Å²) in [6, 6.07) is 15.5. The third-order valence-electron chi connectivity index (χ3n) is 9.53. The summed E-state index contributed by atoms with van der Waals surface area (Å²) in [5.41, 5.74) is 3.95. The van der Waals surface area contributed by atoms with Crippen LogP contribution in [0.5, 0.6) is 11.5 Å². The van der Waals surface area contributed by atoms with Crippen molar-refractivity contribution in [3.63, 3.8) is 0 Å². The fraction of sp³-hybridized carbons (Fsp3) is 0.606. The molecule has 38 heavy (non-hydrogen) atoms. The summed E-state index contributed by atoms with van der Waals surface area (Å²) >= 11 is 0. The number of carbonyl (C=O) groups excluding carboxylic acids is 1. The summed E-state index contributed by atoms with van der Waals surface area (Å²) in [4.78, 5) is 15.8. The minimum absolute atomic E-state index is 0. The lowest BCUT2D eigenvalue weighted by Crippen LogP contribution is -2.62. The van der Waals surface area contributed by atoms with Crippen molar-refractivity contribution in [2.24, 2.45) is 11.8 Å². The van der Waals surface area contributed by atoms with Crippen LogP contribution >= 0.6 is 12.4 Å². The van der Waals surface area contributed by atoms with Crippen LogP contribution in [0.25, 0.3) is 0 Å². The number of aryl methyl sites for hydroxylation is 1. The number of unbranched alkanes of at least 4 members (excludes halogenated alkanes) is 1. The molecular weight excluding hydrogens is 494 g/mol. The van der Waals surface area contributed by atoms with Gasteiger partial charge in [-0.05, 0) is 87.4 Å². The van der Waals surface area contributed by atoms with Crippen molar-refractivity contribution in [2.45, 2.75) is 89.0 Å². The first-order valence-corrected chi connectivity index (χ1v) is 14.9. The number of ketones is 1. The molecule has 2 aromatic rings. The molecule has 4 aliphatic rings. The van der Waals surface area contributed by atoms with E-state index >= 15 is 0 Å². The Morgan fingerprint density at radius 2 is 1.74 bits per heavy atom. The first-order valence-electron chi connectivity index (χ1n) is 14.9. The predicted octanol–water partition coefficient (Wildman–Crippen LogP) is 6.95. The molecular formula is C33H44ClNO3. The normalized spacial score (nSPS) is 26.2. The molecule has 0 N–H and O–H groups in total. The number of ether oxygens (including phenoxy) is 2. The van der Waals surface area contributed by atoms with Crippen molar-refractivity contribution in [3.05, 3.63) is 59.2 Å². The Kier molecular flexibility index (Phi) is 8.69. The number of likely N-dealkylation sites (tertiary alicyclic amines) is 1. The van der Waals surface area contributed by atoms with Crippen LogP contribution in [0.15, 0.2) is 42.5 Å². The lowest BCUT2D eigenvalue weighted by Gasteiger charge is -2.59. The monoisotopic (exact) mass is 537 g/mol. The highest BCUT2D eigenvalue weighted by Gasteiger charge is 2.57. The van der Waals surface area contributed by atoms with Crippen molar-refractivity contribution < 1.29 is 14.3 Å². The van der Waals surface area contributed by atoms with Crippen molar-refractivity contribution in [3.8, 4) is 11.5 Å². The lowest BCUT2D eigenvalue weighted by molar-refractivity contribution is -0.127. The lowest BCUT2D eigenvalue weighted by atomic mass is 9.52. The quantitative estimate of drug-likeness (QED) is 0.291. The van der Waals surface area contributed by atoms with E-state index in [1.54, 1.807) is 0 Å².